The maximum atomic E-state index is 13.0. The Balaban J connectivity index is 1.37. The summed E-state index contributed by atoms with van der Waals surface area (Å²) in [6, 6.07) is 3.63. The molecule has 0 spiro atoms. The summed E-state index contributed by atoms with van der Waals surface area (Å²) in [5.74, 6) is 0.448. The van der Waals surface area contributed by atoms with Crippen LogP contribution in [0.5, 0.6) is 5.75 Å². The normalized spacial score (nSPS) is 27.0. The highest BCUT2D eigenvalue weighted by molar-refractivity contribution is 6.32. The fourth-order valence-electron chi connectivity index (χ4n) is 4.81. The fraction of sp³-hybridized carbons (Fsp3) is 0.583. The van der Waals surface area contributed by atoms with Crippen LogP contribution in [0, 0.1) is 25.7 Å². The van der Waals surface area contributed by atoms with Crippen molar-refractivity contribution in [1.82, 2.24) is 0 Å². The van der Waals surface area contributed by atoms with Crippen molar-refractivity contribution in [3.8, 4) is 5.75 Å². The molecule has 5 nitrogen and oxygen atoms in total. The highest BCUT2D eigenvalue weighted by Gasteiger charge is 2.42. The van der Waals surface area contributed by atoms with Crippen molar-refractivity contribution in [3.05, 3.63) is 40.3 Å². The number of hydrogen-bond donors (Lipinski definition) is 0. The SMILES string of the molecule is Cc1cc(OC2=COC3CC(OC(=O)C4CCCCC4)CCC3C2=O)cc(C)c1Cl. The summed E-state index contributed by atoms with van der Waals surface area (Å²) in [7, 11) is 0. The largest absolute Gasteiger partial charge is 0.493 e. The summed E-state index contributed by atoms with van der Waals surface area (Å²) >= 11 is 6.21. The zero-order chi connectivity index (χ0) is 21.3. The van der Waals surface area contributed by atoms with E-state index in [1.807, 2.05) is 26.0 Å². The van der Waals surface area contributed by atoms with Gasteiger partial charge in [-0.1, -0.05) is 30.9 Å². The molecule has 0 radical (unpaired) electrons. The molecule has 4 rings (SSSR count). The maximum Gasteiger partial charge on any atom is 0.309 e. The number of halogens is 1. The van der Waals surface area contributed by atoms with Crippen LogP contribution in [-0.2, 0) is 19.1 Å². The number of rotatable bonds is 4. The number of Topliss-reactive ketones (excluding diaryl/α,β-unsaturated/α-hetero) is 1. The third-order valence-corrected chi connectivity index (χ3v) is 7.13. The second-order valence-electron chi connectivity index (χ2n) is 8.81. The number of ether oxygens (including phenoxy) is 3. The van der Waals surface area contributed by atoms with Gasteiger partial charge in [0.05, 0.1) is 11.8 Å². The van der Waals surface area contributed by atoms with Crippen LogP contribution in [0.1, 0.15) is 62.5 Å². The lowest BCUT2D eigenvalue weighted by molar-refractivity contribution is -0.160. The maximum absolute atomic E-state index is 13.0. The number of allylic oxidation sites excluding steroid dienone is 1. The van der Waals surface area contributed by atoms with Gasteiger partial charge in [-0.2, -0.15) is 0 Å². The molecule has 0 N–H and O–H groups in total. The van der Waals surface area contributed by atoms with E-state index >= 15 is 0 Å². The molecule has 2 aliphatic carbocycles. The standard InChI is InChI=1S/C24H29ClO5/c1-14-10-18(11-15(2)22(14)25)29-21-13-28-20-12-17(8-9-19(20)23(21)26)30-24(27)16-6-4-3-5-7-16/h10-11,13,16-17,19-20H,3-9,12H2,1-2H3. The molecule has 1 aliphatic heterocycles. The molecule has 0 bridgehead atoms. The van der Waals surface area contributed by atoms with Gasteiger partial charge in [0.2, 0.25) is 11.5 Å². The lowest BCUT2D eigenvalue weighted by atomic mass is 9.80. The van der Waals surface area contributed by atoms with Gasteiger partial charge in [-0.05, 0) is 62.8 Å². The van der Waals surface area contributed by atoms with Crippen LogP contribution < -0.4 is 4.74 Å². The molecule has 2 fully saturated rings. The van der Waals surface area contributed by atoms with Crippen molar-refractivity contribution in [3.63, 3.8) is 0 Å². The Morgan fingerprint density at radius 3 is 2.47 bits per heavy atom. The summed E-state index contributed by atoms with van der Waals surface area (Å²) in [5, 5.41) is 0.698. The Labute approximate surface area is 182 Å². The van der Waals surface area contributed by atoms with E-state index in [0.29, 0.717) is 30.0 Å². The number of fused-ring (bicyclic) bond motifs is 1. The van der Waals surface area contributed by atoms with Crippen molar-refractivity contribution in [2.45, 2.75) is 77.4 Å². The highest BCUT2D eigenvalue weighted by atomic mass is 35.5. The van der Waals surface area contributed by atoms with Gasteiger partial charge in [-0.25, -0.2) is 0 Å². The molecule has 2 saturated carbocycles. The molecule has 0 aromatic heterocycles. The Hall–Kier alpha value is -2.01. The van der Waals surface area contributed by atoms with E-state index in [9.17, 15) is 9.59 Å². The van der Waals surface area contributed by atoms with Crippen molar-refractivity contribution >= 4 is 23.4 Å². The second kappa shape index (κ2) is 9.01. The van der Waals surface area contributed by atoms with Gasteiger partial charge in [-0.15, -0.1) is 0 Å². The molecule has 1 heterocycles. The minimum atomic E-state index is -0.267. The quantitative estimate of drug-likeness (QED) is 0.593. The summed E-state index contributed by atoms with van der Waals surface area (Å²) in [6.07, 6.45) is 8.11. The first-order chi connectivity index (χ1) is 14.4. The topological polar surface area (TPSA) is 61.8 Å². The van der Waals surface area contributed by atoms with Crippen LogP contribution in [0.25, 0.3) is 0 Å². The van der Waals surface area contributed by atoms with E-state index in [2.05, 4.69) is 0 Å². The van der Waals surface area contributed by atoms with Crippen LogP contribution in [0.3, 0.4) is 0 Å². The molecule has 1 aromatic rings. The van der Waals surface area contributed by atoms with E-state index in [4.69, 9.17) is 25.8 Å². The average Bonchev–Trinajstić information content (AvgIpc) is 2.74. The van der Waals surface area contributed by atoms with E-state index in [1.54, 1.807) is 0 Å². The van der Waals surface area contributed by atoms with Crippen molar-refractivity contribution in [2.24, 2.45) is 11.8 Å². The van der Waals surface area contributed by atoms with Gasteiger partial charge in [0.15, 0.2) is 0 Å². The van der Waals surface area contributed by atoms with Crippen LogP contribution in [-0.4, -0.2) is 24.0 Å². The number of hydrogen-bond acceptors (Lipinski definition) is 5. The number of carbonyl (C=O) groups excluding carboxylic acids is 2. The third-order valence-electron chi connectivity index (χ3n) is 6.53. The Bertz CT molecular complexity index is 832. The van der Waals surface area contributed by atoms with Gasteiger partial charge in [0, 0.05) is 11.4 Å². The molecular formula is C24H29ClO5. The third kappa shape index (κ3) is 4.51. The molecule has 30 heavy (non-hydrogen) atoms. The summed E-state index contributed by atoms with van der Waals surface area (Å²) < 4.78 is 17.5. The van der Waals surface area contributed by atoms with Crippen LogP contribution >= 0.6 is 11.6 Å². The zero-order valence-electron chi connectivity index (χ0n) is 17.6. The first-order valence-corrected chi connectivity index (χ1v) is 11.3. The second-order valence-corrected chi connectivity index (χ2v) is 9.19. The molecule has 162 valence electrons. The Kier molecular flexibility index (Phi) is 6.37. The van der Waals surface area contributed by atoms with Gasteiger partial charge in [0.1, 0.15) is 24.2 Å². The van der Waals surface area contributed by atoms with Crippen LogP contribution in [0.4, 0.5) is 0 Å². The van der Waals surface area contributed by atoms with E-state index in [0.717, 1.165) is 36.8 Å². The zero-order valence-corrected chi connectivity index (χ0v) is 18.4. The summed E-state index contributed by atoms with van der Waals surface area (Å²) in [6.45, 7) is 3.81. The van der Waals surface area contributed by atoms with Crippen molar-refractivity contribution < 1.29 is 23.8 Å². The highest BCUT2D eigenvalue weighted by Crippen LogP contribution is 2.36. The summed E-state index contributed by atoms with van der Waals surface area (Å²) in [5.41, 5.74) is 1.80. The Morgan fingerprint density at radius 2 is 1.77 bits per heavy atom. The van der Waals surface area contributed by atoms with E-state index in [1.165, 1.54) is 12.7 Å². The number of aryl methyl sites for hydroxylation is 2. The summed E-state index contributed by atoms with van der Waals surface area (Å²) in [4.78, 5) is 25.4. The van der Waals surface area contributed by atoms with Crippen molar-refractivity contribution in [2.75, 3.05) is 0 Å². The molecule has 3 unspecified atom stereocenters. The average molecular weight is 433 g/mol. The van der Waals surface area contributed by atoms with Crippen LogP contribution in [0.15, 0.2) is 24.2 Å². The van der Waals surface area contributed by atoms with Gasteiger partial charge >= 0.3 is 5.97 Å². The Morgan fingerprint density at radius 1 is 1.07 bits per heavy atom. The molecule has 3 atom stereocenters. The molecule has 6 heteroatoms. The smallest absolute Gasteiger partial charge is 0.309 e. The number of benzene rings is 1. The molecule has 0 saturated heterocycles. The predicted molar refractivity (Wildman–Crippen MR) is 113 cm³/mol. The number of ketones is 1. The first kappa shape index (κ1) is 21.2. The molecule has 0 amide bonds. The molecular weight excluding hydrogens is 404 g/mol. The van der Waals surface area contributed by atoms with Gasteiger partial charge < -0.3 is 14.2 Å². The van der Waals surface area contributed by atoms with Gasteiger partial charge in [-0.3, -0.25) is 9.59 Å². The first-order valence-electron chi connectivity index (χ1n) is 11.0. The minimum Gasteiger partial charge on any atom is -0.493 e. The molecule has 3 aliphatic rings. The van der Waals surface area contributed by atoms with Crippen LogP contribution in [0.2, 0.25) is 5.02 Å². The number of carbonyl (C=O) groups is 2. The lowest BCUT2D eigenvalue weighted by Crippen LogP contribution is -2.43. The predicted octanol–water partition coefficient (Wildman–Crippen LogP) is 5.44. The fourth-order valence-corrected chi connectivity index (χ4v) is 4.91. The molecule has 1 aromatic carbocycles. The van der Waals surface area contributed by atoms with E-state index in [-0.39, 0.29) is 41.6 Å². The van der Waals surface area contributed by atoms with Gasteiger partial charge in [0.25, 0.3) is 0 Å². The monoisotopic (exact) mass is 432 g/mol. The minimum absolute atomic E-state index is 0.0385. The van der Waals surface area contributed by atoms with E-state index < -0.39 is 0 Å². The lowest BCUT2D eigenvalue weighted by Gasteiger charge is -2.37. The van der Waals surface area contributed by atoms with Crippen molar-refractivity contribution in [1.29, 1.82) is 0 Å². The number of esters is 1.